The van der Waals surface area contributed by atoms with Gasteiger partial charge in [-0.15, -0.1) is 0 Å². The van der Waals surface area contributed by atoms with Gasteiger partial charge in [-0.2, -0.15) is 5.10 Å². The van der Waals surface area contributed by atoms with Crippen molar-refractivity contribution in [2.45, 2.75) is 13.3 Å². The molecular formula is C17H14FN3O3. The number of carbonyl (C=O) groups is 1. The highest BCUT2D eigenvalue weighted by atomic mass is 19.1. The molecule has 24 heavy (non-hydrogen) atoms. The molecule has 2 aromatic heterocycles. The second-order valence-corrected chi connectivity index (χ2v) is 5.24. The summed E-state index contributed by atoms with van der Waals surface area (Å²) in [6.45, 7) is 1.69. The molecule has 0 spiro atoms. The van der Waals surface area contributed by atoms with Crippen LogP contribution in [-0.4, -0.2) is 26.1 Å². The number of nitrogens with one attached hydrogen (secondary N) is 1. The van der Waals surface area contributed by atoms with E-state index in [0.29, 0.717) is 17.7 Å². The molecule has 122 valence electrons. The van der Waals surface area contributed by atoms with Gasteiger partial charge in [0.15, 0.2) is 11.5 Å². The smallest absolute Gasteiger partial charge is 0.224 e. The van der Waals surface area contributed by atoms with Crippen molar-refractivity contribution in [1.82, 2.24) is 15.2 Å². The van der Waals surface area contributed by atoms with Crippen LogP contribution in [0.3, 0.4) is 0 Å². The molecule has 2 heterocycles. The van der Waals surface area contributed by atoms with Crippen LogP contribution >= 0.6 is 0 Å². The van der Waals surface area contributed by atoms with Gasteiger partial charge in [-0.05, 0) is 36.2 Å². The number of rotatable bonds is 5. The zero-order valence-corrected chi connectivity index (χ0v) is 12.8. The maximum Gasteiger partial charge on any atom is 0.224 e. The molecule has 0 saturated heterocycles. The van der Waals surface area contributed by atoms with Gasteiger partial charge in [0.2, 0.25) is 11.6 Å². The molecule has 0 unspecified atom stereocenters. The lowest BCUT2D eigenvalue weighted by Gasteiger charge is -2.01. The van der Waals surface area contributed by atoms with Crippen LogP contribution in [0.2, 0.25) is 0 Å². The zero-order valence-electron chi connectivity index (χ0n) is 12.8. The number of aromatic amines is 1. The molecule has 1 aromatic carbocycles. The molecule has 0 aliphatic rings. The van der Waals surface area contributed by atoms with E-state index < -0.39 is 5.78 Å². The first-order chi connectivity index (χ1) is 11.5. The summed E-state index contributed by atoms with van der Waals surface area (Å²) in [5.41, 5.74) is 1.43. The van der Waals surface area contributed by atoms with Gasteiger partial charge in [-0.3, -0.25) is 9.89 Å². The predicted molar refractivity (Wildman–Crippen MR) is 84.0 cm³/mol. The van der Waals surface area contributed by atoms with Gasteiger partial charge >= 0.3 is 0 Å². The fraction of sp³-hybridized carbons (Fsp3) is 0.118. The lowest BCUT2D eigenvalue weighted by Crippen LogP contribution is -1.96. The van der Waals surface area contributed by atoms with Gasteiger partial charge < -0.3 is 9.52 Å². The van der Waals surface area contributed by atoms with Crippen molar-refractivity contribution in [3.8, 4) is 0 Å². The number of halogens is 1. The van der Waals surface area contributed by atoms with Crippen molar-refractivity contribution in [2.24, 2.45) is 0 Å². The molecule has 0 aliphatic carbocycles. The third-order valence-corrected chi connectivity index (χ3v) is 3.42. The Labute approximate surface area is 136 Å². The Balaban J connectivity index is 1.74. The fourth-order valence-electron chi connectivity index (χ4n) is 2.22. The minimum atomic E-state index is -0.501. The van der Waals surface area contributed by atoms with Crippen LogP contribution in [0.5, 0.6) is 0 Å². The highest BCUT2D eigenvalue weighted by molar-refractivity contribution is 6.05. The average molecular weight is 327 g/mol. The number of hydrogen-bond acceptors (Lipinski definition) is 5. The third kappa shape index (κ3) is 3.40. The summed E-state index contributed by atoms with van der Waals surface area (Å²) < 4.78 is 18.8. The molecule has 7 heteroatoms. The largest absolute Gasteiger partial charge is 0.504 e. The summed E-state index contributed by atoms with van der Waals surface area (Å²) in [4.78, 5) is 15.8. The minimum Gasteiger partial charge on any atom is -0.504 e. The summed E-state index contributed by atoms with van der Waals surface area (Å²) >= 11 is 0. The van der Waals surface area contributed by atoms with E-state index in [-0.39, 0.29) is 23.2 Å². The van der Waals surface area contributed by atoms with Gasteiger partial charge in [-0.25, -0.2) is 9.37 Å². The molecule has 0 amide bonds. The predicted octanol–water partition coefficient (Wildman–Crippen LogP) is 3.22. The van der Waals surface area contributed by atoms with E-state index in [0.717, 1.165) is 11.6 Å². The number of benzene rings is 1. The van der Waals surface area contributed by atoms with Gasteiger partial charge in [0.25, 0.3) is 0 Å². The lowest BCUT2D eigenvalue weighted by atomic mass is 10.1. The third-order valence-electron chi connectivity index (χ3n) is 3.42. The number of hydrogen-bond donors (Lipinski definition) is 2. The molecule has 0 atom stereocenters. The lowest BCUT2D eigenvalue weighted by molar-refractivity contribution is 0.101. The van der Waals surface area contributed by atoms with E-state index in [1.807, 2.05) is 0 Å². The Kier molecular flexibility index (Phi) is 4.24. The number of aryl methyl sites for hydroxylation is 1. The fourth-order valence-corrected chi connectivity index (χ4v) is 2.22. The SMILES string of the molecule is Cc1cc(Cc2ccc(C(=O)/C=C(\O)c3nc[nH]n3)o2)ccc1F. The number of aromatic nitrogens is 3. The quantitative estimate of drug-likeness (QED) is 0.426. The highest BCUT2D eigenvalue weighted by Gasteiger charge is 2.13. The van der Waals surface area contributed by atoms with Crippen molar-refractivity contribution in [1.29, 1.82) is 0 Å². The molecule has 3 rings (SSSR count). The molecule has 6 nitrogen and oxygen atoms in total. The molecule has 0 bridgehead atoms. The Hall–Kier alpha value is -3.22. The first-order valence-corrected chi connectivity index (χ1v) is 7.18. The Bertz CT molecular complexity index is 898. The second-order valence-electron chi connectivity index (χ2n) is 5.24. The summed E-state index contributed by atoms with van der Waals surface area (Å²) in [5.74, 6) is -0.438. The maximum atomic E-state index is 13.3. The van der Waals surface area contributed by atoms with E-state index in [1.165, 1.54) is 18.5 Å². The summed E-state index contributed by atoms with van der Waals surface area (Å²) in [5, 5.41) is 15.9. The average Bonchev–Trinajstić information content (AvgIpc) is 3.22. The van der Waals surface area contributed by atoms with E-state index in [9.17, 15) is 14.3 Å². The summed E-state index contributed by atoms with van der Waals surface area (Å²) in [6.07, 6.45) is 2.72. The number of aliphatic hydroxyl groups is 1. The standard InChI is InChI=1S/C17H14FN3O3/c1-10-6-11(2-4-13(10)18)7-12-3-5-16(24-12)14(22)8-15(23)17-19-9-20-21-17/h2-6,8-9,23H,7H2,1H3,(H,19,20,21)/b15-8-. The Morgan fingerprint density at radius 2 is 2.21 bits per heavy atom. The Morgan fingerprint density at radius 1 is 1.38 bits per heavy atom. The van der Waals surface area contributed by atoms with Crippen LogP contribution in [0.15, 0.2) is 47.2 Å². The number of carbonyl (C=O) groups excluding carboxylic acids is 1. The monoisotopic (exact) mass is 327 g/mol. The maximum absolute atomic E-state index is 13.3. The van der Waals surface area contributed by atoms with Gasteiger partial charge in [0.05, 0.1) is 0 Å². The molecule has 0 saturated carbocycles. The van der Waals surface area contributed by atoms with E-state index in [1.54, 1.807) is 25.1 Å². The number of nitrogens with zero attached hydrogens (tertiary/aromatic N) is 2. The van der Waals surface area contributed by atoms with Crippen LogP contribution in [-0.2, 0) is 6.42 Å². The summed E-state index contributed by atoms with van der Waals surface area (Å²) in [6, 6.07) is 7.99. The molecule has 0 radical (unpaired) electrons. The number of allylic oxidation sites excluding steroid dienone is 1. The van der Waals surface area contributed by atoms with E-state index in [4.69, 9.17) is 4.42 Å². The van der Waals surface area contributed by atoms with Crippen LogP contribution in [0, 0.1) is 12.7 Å². The van der Waals surface area contributed by atoms with Crippen molar-refractivity contribution in [3.05, 3.63) is 77.0 Å². The first kappa shape index (κ1) is 15.7. The molecule has 0 aliphatic heterocycles. The van der Waals surface area contributed by atoms with E-state index in [2.05, 4.69) is 15.2 Å². The van der Waals surface area contributed by atoms with Crippen molar-refractivity contribution in [2.75, 3.05) is 0 Å². The second kappa shape index (κ2) is 6.49. The Morgan fingerprint density at radius 3 is 2.92 bits per heavy atom. The molecule has 3 aromatic rings. The summed E-state index contributed by atoms with van der Waals surface area (Å²) in [7, 11) is 0. The van der Waals surface area contributed by atoms with Crippen molar-refractivity contribution < 1.29 is 18.7 Å². The van der Waals surface area contributed by atoms with Crippen molar-refractivity contribution in [3.63, 3.8) is 0 Å². The minimum absolute atomic E-state index is 0.0249. The van der Waals surface area contributed by atoms with Gasteiger partial charge in [0.1, 0.15) is 17.9 Å². The van der Waals surface area contributed by atoms with Crippen LogP contribution in [0.25, 0.3) is 5.76 Å². The number of ketones is 1. The zero-order chi connectivity index (χ0) is 17.1. The topological polar surface area (TPSA) is 92.0 Å². The van der Waals surface area contributed by atoms with E-state index >= 15 is 0 Å². The molecule has 2 N–H and O–H groups in total. The normalized spacial score (nSPS) is 11.7. The van der Waals surface area contributed by atoms with Gasteiger partial charge in [0, 0.05) is 12.5 Å². The molecule has 0 fully saturated rings. The number of aliphatic hydroxyl groups excluding tert-OH is 1. The van der Waals surface area contributed by atoms with Crippen LogP contribution < -0.4 is 0 Å². The highest BCUT2D eigenvalue weighted by Crippen LogP contribution is 2.17. The number of furan rings is 1. The van der Waals surface area contributed by atoms with Crippen LogP contribution in [0.4, 0.5) is 4.39 Å². The van der Waals surface area contributed by atoms with Crippen LogP contribution in [0.1, 0.15) is 33.3 Å². The van der Waals surface area contributed by atoms with Gasteiger partial charge in [-0.1, -0.05) is 12.1 Å². The van der Waals surface area contributed by atoms with Crippen molar-refractivity contribution >= 4 is 11.5 Å². The number of H-pyrrole nitrogens is 1. The first-order valence-electron chi connectivity index (χ1n) is 7.18. The molecular weight excluding hydrogens is 313 g/mol.